The van der Waals surface area contributed by atoms with Crippen LogP contribution in [-0.2, 0) is 10.1 Å². The first-order chi connectivity index (χ1) is 14.0. The second-order valence-corrected chi connectivity index (χ2v) is 7.62. The highest BCUT2D eigenvalue weighted by atomic mass is 32.2. The number of hydrogen-bond acceptors (Lipinski definition) is 8. The van der Waals surface area contributed by atoms with Crippen LogP contribution >= 0.6 is 0 Å². The zero-order valence-corrected chi connectivity index (χ0v) is 16.9. The number of nitro benzene ring substituents is 1. The average molecular weight is 438 g/mol. The highest BCUT2D eigenvalue weighted by Crippen LogP contribution is 2.33. The maximum atomic E-state index is 11.6. The van der Waals surface area contributed by atoms with Crippen LogP contribution < -0.4 is 9.75 Å². The van der Waals surface area contributed by atoms with Crippen molar-refractivity contribution in [2.24, 2.45) is 10.3 Å². The molecule has 0 heterocycles. The number of carboxylic acids is 1. The first kappa shape index (κ1) is 22.7. The minimum atomic E-state index is -4.60. The summed E-state index contributed by atoms with van der Waals surface area (Å²) in [5, 5.41) is 29.6. The lowest BCUT2D eigenvalue weighted by Gasteiger charge is -2.23. The Hall–Kier alpha value is -3.58. The zero-order valence-electron chi connectivity index (χ0n) is 16.1. The molecule has 0 aliphatic rings. The number of carboxylic acid groups (broad SMARTS) is 1. The fraction of sp³-hybridized carbons (Fsp3) is 0.235. The summed E-state index contributed by atoms with van der Waals surface area (Å²) in [6.45, 7) is 3.38. The van der Waals surface area contributed by atoms with Gasteiger partial charge >= 0.3 is 5.97 Å². The van der Waals surface area contributed by atoms with Crippen LogP contribution in [0.2, 0.25) is 0 Å². The molecule has 160 valence electrons. The Labute approximate surface area is 171 Å². The van der Waals surface area contributed by atoms with Gasteiger partial charge in [0.15, 0.2) is 5.75 Å². The third kappa shape index (κ3) is 5.07. The molecule has 0 aromatic heterocycles. The normalized spacial score (nSPS) is 11.6. The van der Waals surface area contributed by atoms with Crippen molar-refractivity contribution in [3.63, 3.8) is 0 Å². The molecule has 0 atom stereocenters. The van der Waals surface area contributed by atoms with Crippen LogP contribution in [0.15, 0.2) is 51.6 Å². The van der Waals surface area contributed by atoms with E-state index in [-0.39, 0.29) is 22.8 Å². The topological polar surface area (TPSA) is 172 Å². The standard InChI is InChI=1S/C17H18N4O8S/c1-10(2)20(15-7-5-12(30(26,27)28)9-13(15)17(22)23)19-18-14-6-4-11(21(24)25)8-16(14)29-3/h4-10H,1-3H3,(H,22,23)(H,26,27,28). The monoisotopic (exact) mass is 438 g/mol. The second-order valence-electron chi connectivity index (χ2n) is 6.20. The van der Waals surface area contributed by atoms with Crippen LogP contribution in [0.5, 0.6) is 5.75 Å². The van der Waals surface area contributed by atoms with Gasteiger partial charge in [0.1, 0.15) is 5.69 Å². The van der Waals surface area contributed by atoms with Crippen molar-refractivity contribution in [2.75, 3.05) is 12.1 Å². The van der Waals surface area contributed by atoms with Crippen molar-refractivity contribution in [1.29, 1.82) is 0 Å². The Morgan fingerprint density at radius 2 is 1.90 bits per heavy atom. The zero-order chi connectivity index (χ0) is 22.6. The van der Waals surface area contributed by atoms with Crippen LogP contribution in [0, 0.1) is 10.1 Å². The molecule has 0 spiro atoms. The van der Waals surface area contributed by atoms with Crippen molar-refractivity contribution in [3.8, 4) is 5.75 Å². The summed E-state index contributed by atoms with van der Waals surface area (Å²) < 4.78 is 36.9. The highest BCUT2D eigenvalue weighted by molar-refractivity contribution is 7.85. The molecule has 0 amide bonds. The van der Waals surface area contributed by atoms with Gasteiger partial charge in [0.2, 0.25) is 0 Å². The number of rotatable bonds is 8. The summed E-state index contributed by atoms with van der Waals surface area (Å²) in [4.78, 5) is 21.4. The molecule has 0 bridgehead atoms. The Bertz CT molecular complexity index is 1110. The molecule has 12 nitrogen and oxygen atoms in total. The molecule has 2 aromatic carbocycles. The number of hydrogen-bond donors (Lipinski definition) is 2. The largest absolute Gasteiger partial charge is 0.494 e. The number of nitrogens with zero attached hydrogens (tertiary/aromatic N) is 4. The van der Waals surface area contributed by atoms with E-state index in [1.165, 1.54) is 30.3 Å². The Kier molecular flexibility index (Phi) is 6.69. The van der Waals surface area contributed by atoms with E-state index in [4.69, 9.17) is 9.29 Å². The Balaban J connectivity index is 2.54. The highest BCUT2D eigenvalue weighted by Gasteiger charge is 2.22. The molecular formula is C17H18N4O8S. The fourth-order valence-electron chi connectivity index (χ4n) is 2.44. The quantitative estimate of drug-likeness (QED) is 0.271. The van der Waals surface area contributed by atoms with Crippen molar-refractivity contribution in [1.82, 2.24) is 0 Å². The third-order valence-corrected chi connectivity index (χ3v) is 4.70. The first-order valence-corrected chi connectivity index (χ1v) is 9.78. The lowest BCUT2D eigenvalue weighted by molar-refractivity contribution is -0.384. The van der Waals surface area contributed by atoms with Gasteiger partial charge in [0.05, 0.1) is 34.2 Å². The predicted octanol–water partition coefficient (Wildman–Crippen LogP) is 3.46. The third-order valence-electron chi connectivity index (χ3n) is 3.86. The van der Waals surface area contributed by atoms with Gasteiger partial charge in [0, 0.05) is 12.1 Å². The van der Waals surface area contributed by atoms with E-state index in [9.17, 15) is 28.4 Å². The summed E-state index contributed by atoms with van der Waals surface area (Å²) in [5.41, 5.74) is -0.455. The molecular weight excluding hydrogens is 420 g/mol. The number of benzene rings is 2. The second kappa shape index (κ2) is 8.84. The van der Waals surface area contributed by atoms with Gasteiger partial charge in [-0.15, -0.1) is 5.11 Å². The van der Waals surface area contributed by atoms with Crippen LogP contribution in [0.4, 0.5) is 17.1 Å². The molecule has 0 fully saturated rings. The molecule has 2 aromatic rings. The summed E-state index contributed by atoms with van der Waals surface area (Å²) in [6.07, 6.45) is 0. The lowest BCUT2D eigenvalue weighted by atomic mass is 10.1. The summed E-state index contributed by atoms with van der Waals surface area (Å²) in [7, 11) is -3.30. The van der Waals surface area contributed by atoms with Gasteiger partial charge in [-0.1, -0.05) is 5.22 Å². The average Bonchev–Trinajstić information content (AvgIpc) is 2.66. The number of anilines is 1. The van der Waals surface area contributed by atoms with Crippen molar-refractivity contribution >= 4 is 33.1 Å². The van der Waals surface area contributed by atoms with E-state index in [1.807, 2.05) is 0 Å². The number of methoxy groups -OCH3 is 1. The molecule has 0 unspecified atom stereocenters. The van der Waals surface area contributed by atoms with Crippen molar-refractivity contribution in [3.05, 3.63) is 52.1 Å². The van der Waals surface area contributed by atoms with Gasteiger partial charge < -0.3 is 9.84 Å². The summed E-state index contributed by atoms with van der Waals surface area (Å²) in [6, 6.07) is 6.31. The predicted molar refractivity (Wildman–Crippen MR) is 105 cm³/mol. The number of ether oxygens (including phenoxy) is 1. The number of aromatic carboxylic acids is 1. The SMILES string of the molecule is COc1cc([N+](=O)[O-])ccc1N=NN(c1ccc(S(=O)(=O)O)cc1C(=O)O)C(C)C. The number of carbonyl (C=O) groups is 1. The van der Waals surface area contributed by atoms with Crippen molar-refractivity contribution < 1.29 is 32.5 Å². The van der Waals surface area contributed by atoms with Crippen LogP contribution in [-0.4, -0.2) is 42.1 Å². The molecule has 0 saturated carbocycles. The van der Waals surface area contributed by atoms with Gasteiger partial charge in [0.25, 0.3) is 15.8 Å². The van der Waals surface area contributed by atoms with E-state index in [2.05, 4.69) is 10.3 Å². The van der Waals surface area contributed by atoms with E-state index in [0.29, 0.717) is 0 Å². The van der Waals surface area contributed by atoms with Crippen molar-refractivity contribution in [2.45, 2.75) is 24.8 Å². The molecule has 0 aliphatic heterocycles. The Morgan fingerprint density at radius 1 is 1.23 bits per heavy atom. The van der Waals surface area contributed by atoms with Gasteiger partial charge in [-0.2, -0.15) is 8.42 Å². The van der Waals surface area contributed by atoms with E-state index in [0.717, 1.165) is 18.2 Å². The van der Waals surface area contributed by atoms with Gasteiger partial charge in [-0.25, -0.2) is 9.80 Å². The minimum absolute atomic E-state index is 0.0227. The van der Waals surface area contributed by atoms with E-state index < -0.39 is 37.5 Å². The summed E-state index contributed by atoms with van der Waals surface area (Å²) in [5.74, 6) is -1.36. The molecule has 13 heteroatoms. The van der Waals surface area contributed by atoms with Gasteiger partial charge in [-0.05, 0) is 38.1 Å². The Morgan fingerprint density at radius 3 is 2.40 bits per heavy atom. The molecule has 2 N–H and O–H groups in total. The minimum Gasteiger partial charge on any atom is -0.494 e. The van der Waals surface area contributed by atoms with E-state index >= 15 is 0 Å². The molecule has 0 saturated heterocycles. The summed E-state index contributed by atoms with van der Waals surface area (Å²) >= 11 is 0. The van der Waals surface area contributed by atoms with Crippen LogP contribution in [0.1, 0.15) is 24.2 Å². The van der Waals surface area contributed by atoms with Gasteiger partial charge in [-0.3, -0.25) is 14.7 Å². The maximum absolute atomic E-state index is 11.6. The number of non-ortho nitro benzene ring substituents is 1. The molecule has 0 radical (unpaired) electrons. The number of nitro groups is 1. The fourth-order valence-corrected chi connectivity index (χ4v) is 2.94. The van der Waals surface area contributed by atoms with Crippen LogP contribution in [0.25, 0.3) is 0 Å². The lowest BCUT2D eigenvalue weighted by Crippen LogP contribution is -2.26. The molecule has 0 aliphatic carbocycles. The van der Waals surface area contributed by atoms with E-state index in [1.54, 1.807) is 13.8 Å². The molecule has 2 rings (SSSR count). The maximum Gasteiger partial charge on any atom is 0.337 e. The first-order valence-electron chi connectivity index (χ1n) is 8.34. The van der Waals surface area contributed by atoms with Crippen LogP contribution in [0.3, 0.4) is 0 Å². The molecule has 30 heavy (non-hydrogen) atoms. The smallest absolute Gasteiger partial charge is 0.337 e.